The molecule has 0 saturated carbocycles. The Bertz CT molecular complexity index is 973. The first kappa shape index (κ1) is 22.6. The summed E-state index contributed by atoms with van der Waals surface area (Å²) < 4.78 is 5.97. The third-order valence-electron chi connectivity index (χ3n) is 5.63. The lowest BCUT2D eigenvalue weighted by molar-refractivity contribution is 0.223. The Hall–Kier alpha value is -3.04. The molecule has 0 aliphatic rings. The molecule has 0 aliphatic carbocycles. The van der Waals surface area contributed by atoms with E-state index in [4.69, 9.17) is 4.74 Å². The number of phenols is 1. The summed E-state index contributed by atoms with van der Waals surface area (Å²) in [6.07, 6.45) is 0.886. The zero-order chi connectivity index (χ0) is 22.1. The van der Waals surface area contributed by atoms with Crippen molar-refractivity contribution in [3.05, 3.63) is 95.6 Å². The van der Waals surface area contributed by atoms with Gasteiger partial charge in [0.05, 0.1) is 0 Å². The summed E-state index contributed by atoms with van der Waals surface area (Å²) in [4.78, 5) is 2.35. The van der Waals surface area contributed by atoms with Gasteiger partial charge in [-0.05, 0) is 71.6 Å². The maximum Gasteiger partial charge on any atom is 0.119 e. The second-order valence-corrected chi connectivity index (χ2v) is 7.52. The van der Waals surface area contributed by atoms with Gasteiger partial charge in [0.2, 0.25) is 0 Å². The minimum absolute atomic E-state index is 0.273. The van der Waals surface area contributed by atoms with E-state index in [1.807, 2.05) is 30.3 Å². The summed E-state index contributed by atoms with van der Waals surface area (Å²) in [7, 11) is 0. The molecule has 0 atom stereocenters. The van der Waals surface area contributed by atoms with Gasteiger partial charge in [0.15, 0.2) is 0 Å². The van der Waals surface area contributed by atoms with Crippen molar-refractivity contribution < 1.29 is 9.84 Å². The number of nitrogens with zero attached hydrogens (tertiary/aromatic N) is 1. The lowest BCUT2D eigenvalue weighted by Crippen LogP contribution is -2.27. The number of phenolic OH excluding ortho intramolecular Hbond substituents is 1. The number of aromatic hydroxyl groups is 1. The molecule has 1 N–H and O–H groups in total. The number of hydrogen-bond donors (Lipinski definition) is 1. The fourth-order valence-corrected chi connectivity index (χ4v) is 3.89. The van der Waals surface area contributed by atoms with Crippen LogP contribution < -0.4 is 4.74 Å². The topological polar surface area (TPSA) is 32.7 Å². The van der Waals surface area contributed by atoms with Crippen LogP contribution in [-0.2, 0) is 0 Å². The first-order chi connectivity index (χ1) is 15.2. The molecule has 0 heterocycles. The van der Waals surface area contributed by atoms with E-state index in [0.717, 1.165) is 48.5 Å². The van der Waals surface area contributed by atoms with Gasteiger partial charge in [0.25, 0.3) is 0 Å². The van der Waals surface area contributed by atoms with Crippen LogP contribution in [0.2, 0.25) is 0 Å². The SMILES string of the molecule is CC/C(=C(\c1ccc(OCCN(CC)CC)cc1)c1cccc(O)c1)c1ccccc1. The summed E-state index contributed by atoms with van der Waals surface area (Å²) in [5.74, 6) is 1.15. The number of benzene rings is 3. The van der Waals surface area contributed by atoms with Crippen molar-refractivity contribution in [3.63, 3.8) is 0 Å². The van der Waals surface area contributed by atoms with Gasteiger partial charge in [-0.25, -0.2) is 0 Å². The molecule has 3 aromatic carbocycles. The molecule has 0 aromatic heterocycles. The normalized spacial score (nSPS) is 12.0. The van der Waals surface area contributed by atoms with Crippen LogP contribution in [0, 0.1) is 0 Å². The average Bonchev–Trinajstić information content (AvgIpc) is 2.81. The van der Waals surface area contributed by atoms with Gasteiger partial charge in [-0.1, -0.05) is 75.4 Å². The van der Waals surface area contributed by atoms with Gasteiger partial charge in [-0.2, -0.15) is 0 Å². The van der Waals surface area contributed by atoms with Crippen LogP contribution in [0.5, 0.6) is 11.5 Å². The van der Waals surface area contributed by atoms with Crippen LogP contribution in [0.1, 0.15) is 43.9 Å². The van der Waals surface area contributed by atoms with Crippen molar-refractivity contribution in [2.45, 2.75) is 27.2 Å². The summed E-state index contributed by atoms with van der Waals surface area (Å²) >= 11 is 0. The average molecular weight is 416 g/mol. The second-order valence-electron chi connectivity index (χ2n) is 7.52. The van der Waals surface area contributed by atoms with Crippen LogP contribution in [0.25, 0.3) is 11.1 Å². The summed E-state index contributed by atoms with van der Waals surface area (Å²) in [6.45, 7) is 10.2. The Kier molecular flexibility index (Phi) is 8.31. The minimum Gasteiger partial charge on any atom is -0.508 e. The Balaban J connectivity index is 1.94. The molecule has 0 bridgehead atoms. The molecule has 3 rings (SSSR count). The fourth-order valence-electron chi connectivity index (χ4n) is 3.89. The fraction of sp³-hybridized carbons (Fsp3) is 0.286. The van der Waals surface area contributed by atoms with Crippen LogP contribution in [0.15, 0.2) is 78.9 Å². The Morgan fingerprint density at radius 2 is 1.45 bits per heavy atom. The highest BCUT2D eigenvalue weighted by atomic mass is 16.5. The molecule has 0 spiro atoms. The number of hydrogen-bond acceptors (Lipinski definition) is 3. The molecule has 3 heteroatoms. The smallest absolute Gasteiger partial charge is 0.119 e. The quantitative estimate of drug-likeness (QED) is 0.385. The van der Waals surface area contributed by atoms with Crippen molar-refractivity contribution in [1.29, 1.82) is 0 Å². The number of rotatable bonds is 10. The van der Waals surface area contributed by atoms with Gasteiger partial charge in [0, 0.05) is 6.54 Å². The van der Waals surface area contributed by atoms with Crippen molar-refractivity contribution in [3.8, 4) is 11.5 Å². The molecular weight excluding hydrogens is 382 g/mol. The predicted molar refractivity (Wildman–Crippen MR) is 130 cm³/mol. The summed E-state index contributed by atoms with van der Waals surface area (Å²) in [5, 5.41) is 10.1. The molecule has 0 radical (unpaired) electrons. The molecular formula is C28H33NO2. The van der Waals surface area contributed by atoms with Crippen molar-refractivity contribution >= 4 is 11.1 Å². The molecule has 0 unspecified atom stereocenters. The molecule has 0 saturated heterocycles. The van der Waals surface area contributed by atoms with Crippen molar-refractivity contribution in [2.24, 2.45) is 0 Å². The van der Waals surface area contributed by atoms with Gasteiger partial charge in [0.1, 0.15) is 18.1 Å². The van der Waals surface area contributed by atoms with E-state index in [1.54, 1.807) is 6.07 Å². The first-order valence-electron chi connectivity index (χ1n) is 11.2. The predicted octanol–water partition coefficient (Wildman–Crippen LogP) is 6.48. The minimum atomic E-state index is 0.273. The number of allylic oxidation sites excluding steroid dienone is 1. The van der Waals surface area contributed by atoms with Crippen LogP contribution >= 0.6 is 0 Å². The van der Waals surface area contributed by atoms with E-state index in [2.05, 4.69) is 68.1 Å². The van der Waals surface area contributed by atoms with Crippen LogP contribution in [0.4, 0.5) is 0 Å². The summed E-state index contributed by atoms with van der Waals surface area (Å²) in [6, 6.07) is 26.3. The van der Waals surface area contributed by atoms with E-state index in [1.165, 1.54) is 11.1 Å². The Labute approximate surface area is 186 Å². The number of ether oxygens (including phenoxy) is 1. The molecule has 162 valence electrons. The van der Waals surface area contributed by atoms with Gasteiger partial charge in [-0.3, -0.25) is 0 Å². The highest BCUT2D eigenvalue weighted by Crippen LogP contribution is 2.36. The highest BCUT2D eigenvalue weighted by Gasteiger charge is 2.14. The van der Waals surface area contributed by atoms with Gasteiger partial charge in [-0.15, -0.1) is 0 Å². The van der Waals surface area contributed by atoms with Gasteiger partial charge < -0.3 is 14.7 Å². The lowest BCUT2D eigenvalue weighted by atomic mass is 9.88. The third-order valence-corrected chi connectivity index (χ3v) is 5.63. The summed E-state index contributed by atoms with van der Waals surface area (Å²) in [5.41, 5.74) is 5.71. The van der Waals surface area contributed by atoms with E-state index >= 15 is 0 Å². The van der Waals surface area contributed by atoms with Crippen LogP contribution in [-0.4, -0.2) is 36.2 Å². The van der Waals surface area contributed by atoms with Gasteiger partial charge >= 0.3 is 0 Å². The Morgan fingerprint density at radius 3 is 2.06 bits per heavy atom. The second kappa shape index (κ2) is 11.4. The highest BCUT2D eigenvalue weighted by molar-refractivity contribution is 5.98. The zero-order valence-corrected chi connectivity index (χ0v) is 18.8. The third kappa shape index (κ3) is 5.99. The van der Waals surface area contributed by atoms with E-state index in [9.17, 15) is 5.11 Å². The molecule has 0 aliphatic heterocycles. The first-order valence-corrected chi connectivity index (χ1v) is 11.2. The molecule has 31 heavy (non-hydrogen) atoms. The van der Waals surface area contributed by atoms with Crippen molar-refractivity contribution in [1.82, 2.24) is 4.90 Å². The van der Waals surface area contributed by atoms with E-state index < -0.39 is 0 Å². The lowest BCUT2D eigenvalue weighted by Gasteiger charge is -2.19. The van der Waals surface area contributed by atoms with Crippen LogP contribution in [0.3, 0.4) is 0 Å². The number of likely N-dealkylation sites (N-methyl/N-ethyl adjacent to an activating group) is 1. The molecule has 0 amide bonds. The molecule has 0 fully saturated rings. The maximum absolute atomic E-state index is 10.1. The monoisotopic (exact) mass is 415 g/mol. The van der Waals surface area contributed by atoms with E-state index in [-0.39, 0.29) is 5.75 Å². The maximum atomic E-state index is 10.1. The largest absolute Gasteiger partial charge is 0.508 e. The molecule has 3 aromatic rings. The van der Waals surface area contributed by atoms with Crippen molar-refractivity contribution in [2.75, 3.05) is 26.2 Å². The zero-order valence-electron chi connectivity index (χ0n) is 18.8. The Morgan fingerprint density at radius 1 is 0.774 bits per heavy atom. The standard InChI is InChI=1S/C28H33NO2/c1-4-27(22-11-8-7-9-12-22)28(24-13-10-14-25(30)21-24)23-15-17-26(18-16-23)31-20-19-29(5-2)6-3/h7-18,21,30H,4-6,19-20H2,1-3H3/b28-27-. The molecule has 3 nitrogen and oxygen atoms in total. The van der Waals surface area contributed by atoms with E-state index in [0.29, 0.717) is 6.61 Å².